The zero-order valence-corrected chi connectivity index (χ0v) is 16.0. The summed E-state index contributed by atoms with van der Waals surface area (Å²) in [5, 5.41) is 9.45. The molecule has 0 atom stereocenters. The second kappa shape index (κ2) is 10.6. The minimum absolute atomic E-state index is 0.0516. The van der Waals surface area contributed by atoms with Gasteiger partial charge in [-0.25, -0.2) is 9.59 Å². The van der Waals surface area contributed by atoms with Crippen LogP contribution in [0, 0.1) is 0 Å². The highest BCUT2D eigenvalue weighted by Crippen LogP contribution is 2.24. The van der Waals surface area contributed by atoms with Crippen LogP contribution < -0.4 is 9.47 Å². The van der Waals surface area contributed by atoms with Crippen LogP contribution in [0.1, 0.15) is 59.7 Å². The maximum atomic E-state index is 12.3. The zero-order valence-electron chi connectivity index (χ0n) is 15.2. The number of carbonyl (C=O) groups is 2. The van der Waals surface area contributed by atoms with Gasteiger partial charge in [-0.15, -0.1) is 0 Å². The summed E-state index contributed by atoms with van der Waals surface area (Å²) in [4.78, 5) is 23.5. The molecule has 2 aromatic carbocycles. The minimum atomic E-state index is -1.22. The molecule has 0 aliphatic heterocycles. The summed E-state index contributed by atoms with van der Waals surface area (Å²) in [6, 6.07) is 10.6. The molecule has 0 saturated carbocycles. The predicted molar refractivity (Wildman–Crippen MR) is 104 cm³/mol. The average Bonchev–Trinajstić information content (AvgIpc) is 2.66. The fraction of sp³-hybridized carbons (Fsp3) is 0.333. The van der Waals surface area contributed by atoms with Crippen LogP contribution in [-0.2, 0) is 0 Å². The van der Waals surface area contributed by atoms with E-state index in [0.29, 0.717) is 17.9 Å². The van der Waals surface area contributed by atoms with Gasteiger partial charge in [0.1, 0.15) is 17.1 Å². The fourth-order valence-corrected chi connectivity index (χ4v) is 2.67. The maximum Gasteiger partial charge on any atom is 0.343 e. The Balaban J connectivity index is 1.91. The van der Waals surface area contributed by atoms with Crippen LogP contribution in [-0.4, -0.2) is 23.7 Å². The first-order valence-electron chi connectivity index (χ1n) is 8.99. The van der Waals surface area contributed by atoms with E-state index in [1.807, 2.05) is 0 Å². The Labute approximate surface area is 163 Å². The molecule has 0 aliphatic carbocycles. The fourth-order valence-electron chi connectivity index (χ4n) is 2.50. The molecule has 0 radical (unpaired) electrons. The van der Waals surface area contributed by atoms with Crippen molar-refractivity contribution in [3.05, 3.63) is 58.6 Å². The van der Waals surface area contributed by atoms with Gasteiger partial charge in [0.2, 0.25) is 0 Å². The molecule has 0 spiro atoms. The summed E-state index contributed by atoms with van der Waals surface area (Å²) >= 11 is 5.79. The third-order valence-corrected chi connectivity index (χ3v) is 4.22. The molecule has 144 valence electrons. The smallest absolute Gasteiger partial charge is 0.343 e. The number of hydrogen-bond donors (Lipinski definition) is 1. The second-order valence-corrected chi connectivity index (χ2v) is 6.56. The van der Waals surface area contributed by atoms with E-state index in [0.717, 1.165) is 12.8 Å². The van der Waals surface area contributed by atoms with E-state index in [1.165, 1.54) is 37.5 Å². The van der Waals surface area contributed by atoms with Crippen LogP contribution in [0.25, 0.3) is 0 Å². The monoisotopic (exact) mass is 390 g/mol. The second-order valence-electron chi connectivity index (χ2n) is 6.12. The van der Waals surface area contributed by atoms with E-state index in [1.54, 1.807) is 24.3 Å². The lowest BCUT2D eigenvalue weighted by atomic mass is 10.2. The molecule has 0 saturated heterocycles. The molecule has 0 heterocycles. The number of aromatic carboxylic acids is 1. The molecule has 0 bridgehead atoms. The van der Waals surface area contributed by atoms with Gasteiger partial charge in [0.05, 0.1) is 12.2 Å². The molecule has 1 N–H and O–H groups in total. The first-order valence-corrected chi connectivity index (χ1v) is 9.37. The lowest BCUT2D eigenvalue weighted by molar-refractivity contribution is 0.0681. The summed E-state index contributed by atoms with van der Waals surface area (Å²) in [6.07, 6.45) is 5.81. The Morgan fingerprint density at radius 1 is 1.00 bits per heavy atom. The molecule has 2 aromatic rings. The summed E-state index contributed by atoms with van der Waals surface area (Å²) in [7, 11) is 0. The van der Waals surface area contributed by atoms with Gasteiger partial charge in [0.25, 0.3) is 0 Å². The van der Waals surface area contributed by atoms with Gasteiger partial charge in [-0.3, -0.25) is 0 Å². The van der Waals surface area contributed by atoms with Crippen molar-refractivity contribution in [3.63, 3.8) is 0 Å². The number of ether oxygens (including phenoxy) is 2. The molecule has 0 amide bonds. The zero-order chi connectivity index (χ0) is 19.6. The number of benzene rings is 2. The highest BCUT2D eigenvalue weighted by atomic mass is 35.5. The predicted octanol–water partition coefficient (Wildman–Crippen LogP) is 5.61. The molecule has 0 unspecified atom stereocenters. The Hall–Kier alpha value is -2.53. The largest absolute Gasteiger partial charge is 0.494 e. The molecule has 5 nitrogen and oxygen atoms in total. The number of carbonyl (C=O) groups excluding carboxylic acids is 1. The van der Waals surface area contributed by atoms with Crippen molar-refractivity contribution in [1.82, 2.24) is 0 Å². The van der Waals surface area contributed by atoms with E-state index in [4.69, 9.17) is 21.1 Å². The van der Waals surface area contributed by atoms with Gasteiger partial charge >= 0.3 is 11.9 Å². The molecular formula is C21H23ClO5. The molecular weight excluding hydrogens is 368 g/mol. The highest BCUT2D eigenvalue weighted by Gasteiger charge is 2.16. The van der Waals surface area contributed by atoms with E-state index >= 15 is 0 Å². The van der Waals surface area contributed by atoms with Crippen LogP contribution in [0.3, 0.4) is 0 Å². The lowest BCUT2D eigenvalue weighted by Gasteiger charge is -2.09. The van der Waals surface area contributed by atoms with Crippen LogP contribution in [0.4, 0.5) is 0 Å². The highest BCUT2D eigenvalue weighted by molar-refractivity contribution is 6.31. The average molecular weight is 391 g/mol. The Morgan fingerprint density at radius 3 is 2.37 bits per heavy atom. The molecule has 0 aliphatic rings. The molecule has 0 aromatic heterocycles. The summed E-state index contributed by atoms with van der Waals surface area (Å²) < 4.78 is 10.9. The first-order chi connectivity index (χ1) is 13.0. The van der Waals surface area contributed by atoms with Crippen molar-refractivity contribution in [2.24, 2.45) is 0 Å². The van der Waals surface area contributed by atoms with Gasteiger partial charge in [-0.1, -0.05) is 44.2 Å². The number of carboxylic acid groups (broad SMARTS) is 1. The van der Waals surface area contributed by atoms with Gasteiger partial charge in [0, 0.05) is 5.02 Å². The topological polar surface area (TPSA) is 72.8 Å². The van der Waals surface area contributed by atoms with Crippen molar-refractivity contribution in [2.75, 3.05) is 6.61 Å². The molecule has 0 fully saturated rings. The molecule has 2 rings (SSSR count). The lowest BCUT2D eigenvalue weighted by Crippen LogP contribution is -2.11. The standard InChI is InChI=1S/C21H23ClO5/c1-2-3-4-5-6-13-26-17-10-7-15(8-11-17)21(25)27-19-12-9-16(22)14-18(19)20(23)24/h7-12,14H,2-6,13H2,1H3,(H,23,24). The summed E-state index contributed by atoms with van der Waals surface area (Å²) in [5.74, 6) is -1.24. The van der Waals surface area contributed by atoms with Crippen molar-refractivity contribution in [1.29, 1.82) is 0 Å². The van der Waals surface area contributed by atoms with E-state index < -0.39 is 11.9 Å². The van der Waals surface area contributed by atoms with Gasteiger partial charge in [-0.05, 0) is 48.9 Å². The Kier molecular flexibility index (Phi) is 8.14. The normalized spacial score (nSPS) is 10.4. The summed E-state index contributed by atoms with van der Waals surface area (Å²) in [6.45, 7) is 2.82. The molecule has 6 heteroatoms. The van der Waals surface area contributed by atoms with Gasteiger partial charge in [-0.2, -0.15) is 0 Å². The van der Waals surface area contributed by atoms with Crippen molar-refractivity contribution in [2.45, 2.75) is 39.0 Å². The quantitative estimate of drug-likeness (QED) is 0.324. The number of carboxylic acids is 1. The number of rotatable bonds is 10. The number of halogens is 1. The number of esters is 1. The van der Waals surface area contributed by atoms with E-state index in [9.17, 15) is 14.7 Å². The molecule has 27 heavy (non-hydrogen) atoms. The summed E-state index contributed by atoms with van der Waals surface area (Å²) in [5.41, 5.74) is 0.135. The third kappa shape index (κ3) is 6.61. The number of hydrogen-bond acceptors (Lipinski definition) is 4. The first kappa shape index (κ1) is 20.8. The van der Waals surface area contributed by atoms with E-state index in [-0.39, 0.29) is 16.3 Å². The minimum Gasteiger partial charge on any atom is -0.494 e. The van der Waals surface area contributed by atoms with Crippen LogP contribution in [0.15, 0.2) is 42.5 Å². The number of unbranched alkanes of at least 4 members (excludes halogenated alkanes) is 4. The van der Waals surface area contributed by atoms with Gasteiger partial charge in [0.15, 0.2) is 0 Å². The third-order valence-electron chi connectivity index (χ3n) is 3.98. The van der Waals surface area contributed by atoms with Crippen LogP contribution in [0.5, 0.6) is 11.5 Å². The van der Waals surface area contributed by atoms with Gasteiger partial charge < -0.3 is 14.6 Å². The van der Waals surface area contributed by atoms with Crippen molar-refractivity contribution in [3.8, 4) is 11.5 Å². The SMILES string of the molecule is CCCCCCCOc1ccc(C(=O)Oc2ccc(Cl)cc2C(=O)O)cc1. The van der Waals surface area contributed by atoms with Crippen molar-refractivity contribution >= 4 is 23.5 Å². The van der Waals surface area contributed by atoms with E-state index in [2.05, 4.69) is 6.92 Å². The Bertz CT molecular complexity index is 771. The van der Waals surface area contributed by atoms with Crippen molar-refractivity contribution < 1.29 is 24.2 Å². The maximum absolute atomic E-state index is 12.3. The van der Waals surface area contributed by atoms with Crippen LogP contribution in [0.2, 0.25) is 5.02 Å². The van der Waals surface area contributed by atoms with Crippen LogP contribution >= 0.6 is 11.6 Å². The Morgan fingerprint density at radius 2 is 1.70 bits per heavy atom.